The van der Waals surface area contributed by atoms with Gasteiger partial charge in [-0.1, -0.05) is 29.3 Å². The Morgan fingerprint density at radius 2 is 1.81 bits per heavy atom. The summed E-state index contributed by atoms with van der Waals surface area (Å²) in [5.41, 5.74) is 1.52. The van der Waals surface area contributed by atoms with Gasteiger partial charge in [0.15, 0.2) is 0 Å². The van der Waals surface area contributed by atoms with Crippen LogP contribution in [0.5, 0.6) is 0 Å². The molecule has 1 fully saturated rings. The Bertz CT molecular complexity index is 1340. The van der Waals surface area contributed by atoms with Crippen LogP contribution in [-0.2, 0) is 22.4 Å². The predicted molar refractivity (Wildman–Crippen MR) is 145 cm³/mol. The van der Waals surface area contributed by atoms with Crippen molar-refractivity contribution < 1.29 is 19.1 Å². The van der Waals surface area contributed by atoms with Crippen molar-refractivity contribution in [1.29, 1.82) is 0 Å². The zero-order chi connectivity index (χ0) is 25.4. The second kappa shape index (κ2) is 10.7. The van der Waals surface area contributed by atoms with Crippen LogP contribution in [0, 0.1) is 0 Å². The third kappa shape index (κ3) is 4.99. The van der Waals surface area contributed by atoms with Gasteiger partial charge in [0.1, 0.15) is 9.88 Å². The van der Waals surface area contributed by atoms with Gasteiger partial charge in [0.2, 0.25) is 5.91 Å². The molecule has 0 unspecified atom stereocenters. The Hall–Kier alpha value is -2.17. The van der Waals surface area contributed by atoms with Crippen LogP contribution >= 0.6 is 45.9 Å². The van der Waals surface area contributed by atoms with Crippen LogP contribution in [0.25, 0.3) is 10.1 Å². The van der Waals surface area contributed by atoms with Crippen molar-refractivity contribution in [1.82, 2.24) is 9.80 Å². The van der Waals surface area contributed by atoms with E-state index in [2.05, 4.69) is 5.32 Å². The molecule has 2 aromatic heterocycles. The molecule has 5 rings (SSSR count). The zero-order valence-electron chi connectivity index (χ0n) is 19.7. The fraction of sp³-hybridized carbons (Fsp3) is 0.400. The molecule has 0 spiro atoms. The summed E-state index contributed by atoms with van der Waals surface area (Å²) in [4.78, 5) is 43.9. The number of halogens is 2. The van der Waals surface area contributed by atoms with Crippen LogP contribution in [-0.4, -0.2) is 67.4 Å². The molecule has 36 heavy (non-hydrogen) atoms. The van der Waals surface area contributed by atoms with Gasteiger partial charge in [-0.3, -0.25) is 14.5 Å². The number of ether oxygens (including phenoxy) is 1. The van der Waals surface area contributed by atoms with Crippen molar-refractivity contribution in [2.24, 2.45) is 0 Å². The number of anilines is 1. The van der Waals surface area contributed by atoms with Gasteiger partial charge in [0.25, 0.3) is 5.91 Å². The molecule has 11 heteroatoms. The van der Waals surface area contributed by atoms with Crippen molar-refractivity contribution in [3.63, 3.8) is 0 Å². The predicted octanol–water partition coefficient (Wildman–Crippen LogP) is 5.33. The first kappa shape index (κ1) is 25.5. The minimum atomic E-state index is -0.404. The number of aryl methyl sites for hydroxylation is 1. The highest BCUT2D eigenvalue weighted by atomic mass is 35.5. The molecule has 0 radical (unpaired) electrons. The minimum absolute atomic E-state index is 0.103. The number of benzene rings is 1. The molecular formula is C25H25Cl2N3O4S2. The Morgan fingerprint density at radius 3 is 2.56 bits per heavy atom. The maximum absolute atomic E-state index is 13.1. The van der Waals surface area contributed by atoms with E-state index in [0.717, 1.165) is 46.2 Å². The van der Waals surface area contributed by atoms with Crippen molar-refractivity contribution in [3.05, 3.63) is 49.1 Å². The van der Waals surface area contributed by atoms with Gasteiger partial charge in [0, 0.05) is 46.2 Å². The third-order valence-corrected chi connectivity index (χ3v) is 9.71. The number of hydrogen-bond acceptors (Lipinski definition) is 7. The smallest absolute Gasteiger partial charge is 0.341 e. The molecule has 0 saturated carbocycles. The summed E-state index contributed by atoms with van der Waals surface area (Å²) in [6.45, 7) is 2.32. The lowest BCUT2D eigenvalue weighted by Crippen LogP contribution is -2.50. The minimum Gasteiger partial charge on any atom is -0.465 e. The lowest BCUT2D eigenvalue weighted by atomic mass is 9.95. The number of thiophene rings is 2. The highest BCUT2D eigenvalue weighted by Crippen LogP contribution is 2.39. The average molecular weight is 567 g/mol. The van der Waals surface area contributed by atoms with Crippen LogP contribution in [0.15, 0.2) is 18.2 Å². The summed E-state index contributed by atoms with van der Waals surface area (Å²) in [5.74, 6) is -0.685. The summed E-state index contributed by atoms with van der Waals surface area (Å²) in [5, 5.41) is 5.41. The van der Waals surface area contributed by atoms with E-state index in [1.165, 1.54) is 29.8 Å². The number of nitrogens with zero attached hydrogens (tertiary/aromatic N) is 2. The fourth-order valence-electron chi connectivity index (χ4n) is 4.77. The van der Waals surface area contributed by atoms with Crippen LogP contribution in [0.2, 0.25) is 10.0 Å². The van der Waals surface area contributed by atoms with E-state index in [0.29, 0.717) is 51.7 Å². The van der Waals surface area contributed by atoms with E-state index >= 15 is 0 Å². The largest absolute Gasteiger partial charge is 0.465 e. The Labute approximate surface area is 226 Å². The summed E-state index contributed by atoms with van der Waals surface area (Å²) in [7, 11) is 1.36. The van der Waals surface area contributed by atoms with E-state index in [9.17, 15) is 14.4 Å². The van der Waals surface area contributed by atoms with E-state index in [1.807, 2.05) is 17.0 Å². The SMILES string of the molecule is COC(=O)c1c(NC(=O)CN2CCN(C(=O)c3sc4cc(Cl)ccc4c3Cl)CC2)sc2c1CCCC2. The molecule has 190 valence electrons. The first-order chi connectivity index (χ1) is 17.4. The number of piperazine rings is 1. The molecule has 1 saturated heterocycles. The second-order valence-corrected chi connectivity index (χ2v) is 11.9. The van der Waals surface area contributed by atoms with Crippen LogP contribution in [0.1, 0.15) is 43.3 Å². The summed E-state index contributed by atoms with van der Waals surface area (Å²) in [6.07, 6.45) is 3.88. The van der Waals surface area contributed by atoms with Gasteiger partial charge in [-0.15, -0.1) is 22.7 Å². The number of carbonyl (C=O) groups excluding carboxylic acids is 3. The number of esters is 1. The molecule has 3 heterocycles. The third-order valence-electron chi connectivity index (χ3n) is 6.63. The number of methoxy groups -OCH3 is 1. The lowest BCUT2D eigenvalue weighted by molar-refractivity contribution is -0.117. The van der Waals surface area contributed by atoms with Gasteiger partial charge < -0.3 is 15.0 Å². The first-order valence-corrected chi connectivity index (χ1v) is 14.2. The molecule has 0 bridgehead atoms. The van der Waals surface area contributed by atoms with Crippen molar-refractivity contribution in [3.8, 4) is 0 Å². The molecule has 7 nitrogen and oxygen atoms in total. The second-order valence-electron chi connectivity index (χ2n) is 8.91. The Morgan fingerprint density at radius 1 is 1.06 bits per heavy atom. The van der Waals surface area contributed by atoms with E-state index in [1.54, 1.807) is 11.0 Å². The molecule has 1 aliphatic carbocycles. The normalized spacial score (nSPS) is 16.1. The molecular weight excluding hydrogens is 541 g/mol. The van der Waals surface area contributed by atoms with Crippen molar-refractivity contribution in [2.45, 2.75) is 25.7 Å². The molecule has 0 atom stereocenters. The topological polar surface area (TPSA) is 79.0 Å². The summed E-state index contributed by atoms with van der Waals surface area (Å²) < 4.78 is 5.87. The van der Waals surface area contributed by atoms with E-state index in [-0.39, 0.29) is 18.4 Å². The number of carbonyl (C=O) groups is 3. The van der Waals surface area contributed by atoms with Crippen LogP contribution in [0.3, 0.4) is 0 Å². The lowest BCUT2D eigenvalue weighted by Gasteiger charge is -2.34. The first-order valence-electron chi connectivity index (χ1n) is 11.8. The summed E-state index contributed by atoms with van der Waals surface area (Å²) >= 11 is 15.4. The fourth-order valence-corrected chi connectivity index (χ4v) is 7.82. The quantitative estimate of drug-likeness (QED) is 0.423. The Balaban J connectivity index is 1.20. The zero-order valence-corrected chi connectivity index (χ0v) is 22.8. The molecule has 3 aromatic rings. The molecule has 1 N–H and O–H groups in total. The molecule has 1 aliphatic heterocycles. The maximum Gasteiger partial charge on any atom is 0.341 e. The number of rotatable bonds is 5. The van der Waals surface area contributed by atoms with Gasteiger partial charge in [0.05, 0.1) is 24.2 Å². The summed E-state index contributed by atoms with van der Waals surface area (Å²) in [6, 6.07) is 5.41. The number of fused-ring (bicyclic) bond motifs is 2. The molecule has 1 aromatic carbocycles. The highest BCUT2D eigenvalue weighted by molar-refractivity contribution is 7.21. The van der Waals surface area contributed by atoms with E-state index in [4.69, 9.17) is 27.9 Å². The van der Waals surface area contributed by atoms with Crippen molar-refractivity contribution in [2.75, 3.05) is 45.2 Å². The maximum atomic E-state index is 13.1. The molecule has 2 amide bonds. The molecule has 2 aliphatic rings. The van der Waals surface area contributed by atoms with Crippen LogP contribution < -0.4 is 5.32 Å². The van der Waals surface area contributed by atoms with Gasteiger partial charge in [-0.2, -0.15) is 0 Å². The van der Waals surface area contributed by atoms with Gasteiger partial charge in [-0.05, 0) is 43.4 Å². The van der Waals surface area contributed by atoms with E-state index < -0.39 is 5.97 Å². The van der Waals surface area contributed by atoms with Gasteiger partial charge >= 0.3 is 5.97 Å². The van der Waals surface area contributed by atoms with Crippen molar-refractivity contribution >= 4 is 78.7 Å². The monoisotopic (exact) mass is 565 g/mol. The highest BCUT2D eigenvalue weighted by Gasteiger charge is 2.29. The standard InChI is InChI=1S/C25H25Cl2N3O4S2/c1-34-25(33)20-15-4-2-3-5-17(15)36-23(20)28-19(31)13-29-8-10-30(11-9-29)24(32)22-21(27)16-7-6-14(26)12-18(16)35-22/h6-7,12H,2-5,8-11,13H2,1H3,(H,28,31). The number of hydrogen-bond donors (Lipinski definition) is 1. The van der Waals surface area contributed by atoms with Gasteiger partial charge in [-0.25, -0.2) is 4.79 Å². The Kier molecular flexibility index (Phi) is 7.55. The average Bonchev–Trinajstić information content (AvgIpc) is 3.40. The number of nitrogens with one attached hydrogen (secondary N) is 1. The number of amides is 2. The van der Waals surface area contributed by atoms with Crippen LogP contribution in [0.4, 0.5) is 5.00 Å².